The number of aliphatic hydroxyl groups is 2. The monoisotopic (exact) mass is 746 g/mol. The van der Waals surface area contributed by atoms with Gasteiger partial charge in [0.25, 0.3) is 11.8 Å². The molecule has 276 valence electrons. The molecule has 3 saturated carbocycles. The first kappa shape index (κ1) is 38.5. The van der Waals surface area contributed by atoms with Gasteiger partial charge in [0.05, 0.1) is 12.7 Å². The molecule has 50 heavy (non-hydrogen) atoms. The zero-order valence-electron chi connectivity index (χ0n) is 27.7. The Morgan fingerprint density at radius 2 is 1.74 bits per heavy atom. The second-order valence-corrected chi connectivity index (χ2v) is 17.0. The Labute approximate surface area is 286 Å². The van der Waals surface area contributed by atoms with Crippen molar-refractivity contribution in [1.29, 1.82) is 0 Å². The number of ketones is 2. The minimum atomic E-state index is -5.55. The minimum Gasteiger partial charge on any atom is -0.390 e. The summed E-state index contributed by atoms with van der Waals surface area (Å²) in [5, 5.41) is 25.9. The first-order valence-corrected chi connectivity index (χ1v) is 19.1. The van der Waals surface area contributed by atoms with E-state index in [0.29, 0.717) is 12.0 Å². The fourth-order valence-electron chi connectivity index (χ4n) is 8.90. The van der Waals surface area contributed by atoms with E-state index in [1.54, 1.807) is 20.8 Å². The molecule has 0 bridgehead atoms. The number of allylic oxidation sites excluding steroid dienone is 4. The van der Waals surface area contributed by atoms with Gasteiger partial charge in [-0.05, 0) is 56.6 Å². The number of carbonyl (C=O) groups excluding carboxylic acids is 5. The normalized spacial score (nSPS) is 37.6. The Morgan fingerprint density at radius 3 is 2.38 bits per heavy atom. The van der Waals surface area contributed by atoms with Gasteiger partial charge in [-0.15, -0.1) is 0 Å². The van der Waals surface area contributed by atoms with E-state index in [9.17, 15) is 53.1 Å². The van der Waals surface area contributed by atoms with E-state index >= 15 is 4.39 Å². The van der Waals surface area contributed by atoms with E-state index in [1.807, 2.05) is 0 Å². The Balaban J connectivity index is 1.25. The molecule has 1 aliphatic heterocycles. The summed E-state index contributed by atoms with van der Waals surface area (Å²) in [6, 6.07) is 0. The molecule has 0 aromatic rings. The summed E-state index contributed by atoms with van der Waals surface area (Å²) in [7, 11) is -10.8. The summed E-state index contributed by atoms with van der Waals surface area (Å²) < 4.78 is 56.6. The van der Waals surface area contributed by atoms with Gasteiger partial charge < -0.3 is 25.3 Å². The predicted molar refractivity (Wildman–Crippen MR) is 169 cm³/mol. The molecule has 5 N–H and O–H groups in total. The molecular formula is C31H41FN2O14P2. The molecule has 19 heteroatoms. The zero-order chi connectivity index (χ0) is 37.1. The van der Waals surface area contributed by atoms with Gasteiger partial charge in [0.1, 0.15) is 12.2 Å². The molecule has 5 aliphatic rings. The molecule has 3 amide bonds. The molecule has 0 spiro atoms. The molecule has 16 nitrogen and oxygen atoms in total. The number of imide groups is 1. The highest BCUT2D eigenvalue weighted by Gasteiger charge is 2.75. The molecule has 1 unspecified atom stereocenters. The number of hydrogen-bond donors (Lipinski definition) is 5. The van der Waals surface area contributed by atoms with Crippen molar-refractivity contribution in [3.05, 3.63) is 36.0 Å². The number of nitrogens with zero attached hydrogens (tertiary/aromatic N) is 1. The van der Waals surface area contributed by atoms with Crippen LogP contribution in [0.3, 0.4) is 0 Å². The van der Waals surface area contributed by atoms with Gasteiger partial charge in [0.15, 0.2) is 17.2 Å². The third kappa shape index (κ3) is 6.45. The van der Waals surface area contributed by atoms with Crippen LogP contribution in [0, 0.1) is 28.6 Å². The Hall–Kier alpha value is -2.72. The average molecular weight is 747 g/mol. The van der Waals surface area contributed by atoms with E-state index in [1.165, 1.54) is 18.2 Å². The molecule has 9 atom stereocenters. The van der Waals surface area contributed by atoms with Gasteiger partial charge in [0.2, 0.25) is 5.91 Å². The molecular weight excluding hydrogens is 705 g/mol. The van der Waals surface area contributed by atoms with Crippen LogP contribution in [0.15, 0.2) is 36.0 Å². The van der Waals surface area contributed by atoms with Crippen LogP contribution in [-0.2, 0) is 46.5 Å². The maximum absolute atomic E-state index is 17.4. The van der Waals surface area contributed by atoms with Crippen molar-refractivity contribution in [2.45, 2.75) is 70.2 Å². The van der Waals surface area contributed by atoms with E-state index in [0.717, 1.165) is 17.1 Å². The molecule has 0 radical (unpaired) electrons. The number of alkyl halides is 1. The first-order valence-electron chi connectivity index (χ1n) is 16.1. The number of phosphoric ester groups is 1. The van der Waals surface area contributed by atoms with Crippen LogP contribution in [0.1, 0.15) is 52.9 Å². The third-order valence-electron chi connectivity index (χ3n) is 11.3. The number of phosphoric acid groups is 2. The standard InChI is InChI=1S/C31H41FN2O14P2/c1-18-14-22-21-5-4-19-15-20(35)8-10-28(19,2)30(21,32)23(36)16-29(22,3)31(18,41)24(37)17-47-50(45,48-49(42,43)44)46-13-11-33-25(38)9-12-34-26(39)6-7-27(34)40/h6-8,10,15,18,21-23,36,41H,4-5,9,11-14,16-17H2,1-3H3,(H,33,38)(H2,42,43,44)/t18-,21+,22+,23+,28+,29+,30+,31+,50?/m1/s1. The number of nitrogens with one attached hydrogen (secondary N) is 1. The fourth-order valence-corrected chi connectivity index (χ4v) is 11.0. The van der Waals surface area contributed by atoms with Crippen LogP contribution in [0.5, 0.6) is 0 Å². The number of halogens is 1. The predicted octanol–water partition coefficient (Wildman–Crippen LogP) is 1.59. The van der Waals surface area contributed by atoms with Crippen molar-refractivity contribution in [3.63, 3.8) is 0 Å². The highest BCUT2D eigenvalue weighted by Crippen LogP contribution is 2.71. The Bertz CT molecular complexity index is 1660. The lowest BCUT2D eigenvalue weighted by Gasteiger charge is -2.62. The maximum atomic E-state index is 17.4. The number of aliphatic hydroxyl groups excluding tert-OH is 1. The number of fused-ring (bicyclic) bond motifs is 5. The summed E-state index contributed by atoms with van der Waals surface area (Å²) >= 11 is 0. The molecule has 1 heterocycles. The lowest BCUT2D eigenvalue weighted by Crippen LogP contribution is -2.69. The quantitative estimate of drug-likeness (QED) is 0.102. The number of Topliss-reactive ketones (excluding diaryl/α,β-unsaturated/α-hetero) is 1. The van der Waals surface area contributed by atoms with Crippen molar-refractivity contribution in [2.24, 2.45) is 28.6 Å². The van der Waals surface area contributed by atoms with E-state index in [-0.39, 0.29) is 38.0 Å². The SMILES string of the molecule is C[C@@H]1C[C@H]2[C@@H]3CCC4=CC(=O)C=C[C@]4(C)[C@@]3(F)[C@@H](O)C[C@]2(C)[C@@]1(O)C(=O)COP(=O)(OCCNC(=O)CCN1C(=O)C=CC1=O)OP(=O)(O)O. The fraction of sp³-hybridized carbons (Fsp3) is 0.645. The third-order valence-corrected chi connectivity index (χ3v) is 13.9. The molecule has 5 rings (SSSR count). The van der Waals surface area contributed by atoms with Crippen molar-refractivity contribution in [3.8, 4) is 0 Å². The Kier molecular flexibility index (Phi) is 10.3. The average Bonchev–Trinajstić information content (AvgIpc) is 3.44. The number of hydrogen-bond acceptors (Lipinski definition) is 12. The minimum absolute atomic E-state index is 0.170. The first-order chi connectivity index (χ1) is 23.1. The highest BCUT2D eigenvalue weighted by atomic mass is 31.3. The maximum Gasteiger partial charge on any atom is 0.484 e. The van der Waals surface area contributed by atoms with Crippen LogP contribution in [0.4, 0.5) is 4.39 Å². The van der Waals surface area contributed by atoms with Gasteiger partial charge >= 0.3 is 15.6 Å². The van der Waals surface area contributed by atoms with Crippen molar-refractivity contribution < 1.29 is 70.9 Å². The summed E-state index contributed by atoms with van der Waals surface area (Å²) in [4.78, 5) is 80.8. The van der Waals surface area contributed by atoms with E-state index in [4.69, 9.17) is 9.05 Å². The van der Waals surface area contributed by atoms with Crippen LogP contribution in [0.2, 0.25) is 0 Å². The van der Waals surface area contributed by atoms with Crippen LogP contribution in [-0.4, -0.2) is 97.9 Å². The summed E-state index contributed by atoms with van der Waals surface area (Å²) in [5.74, 6) is -5.43. The lowest BCUT2D eigenvalue weighted by molar-refractivity contribution is -0.219. The molecule has 4 aliphatic carbocycles. The van der Waals surface area contributed by atoms with Gasteiger partial charge in [-0.2, -0.15) is 4.31 Å². The van der Waals surface area contributed by atoms with Crippen molar-refractivity contribution in [1.82, 2.24) is 10.2 Å². The topological polar surface area (TPSA) is 243 Å². The summed E-state index contributed by atoms with van der Waals surface area (Å²) in [6.07, 6.45) is 4.71. The van der Waals surface area contributed by atoms with Gasteiger partial charge in [-0.3, -0.25) is 37.9 Å². The summed E-state index contributed by atoms with van der Waals surface area (Å²) in [6.45, 7) is 2.24. The molecule has 0 aromatic heterocycles. The molecule has 3 fully saturated rings. The largest absolute Gasteiger partial charge is 0.484 e. The lowest BCUT2D eigenvalue weighted by atomic mass is 9.44. The number of carbonyl (C=O) groups is 5. The van der Waals surface area contributed by atoms with E-state index < -0.39 is 105 Å². The van der Waals surface area contributed by atoms with Gasteiger partial charge in [-0.1, -0.05) is 25.5 Å². The van der Waals surface area contributed by atoms with Crippen molar-refractivity contribution >= 4 is 44.9 Å². The zero-order valence-corrected chi connectivity index (χ0v) is 29.4. The number of rotatable bonds is 13. The second kappa shape index (κ2) is 13.4. The molecule has 0 aromatic carbocycles. The van der Waals surface area contributed by atoms with Crippen LogP contribution < -0.4 is 5.32 Å². The van der Waals surface area contributed by atoms with Gasteiger partial charge in [-0.25, -0.2) is 13.5 Å². The smallest absolute Gasteiger partial charge is 0.390 e. The highest BCUT2D eigenvalue weighted by molar-refractivity contribution is 7.61. The van der Waals surface area contributed by atoms with Crippen LogP contribution in [0.25, 0.3) is 0 Å². The molecule has 0 saturated heterocycles. The van der Waals surface area contributed by atoms with Gasteiger partial charge in [0, 0.05) is 48.4 Å². The Morgan fingerprint density at radius 1 is 1.08 bits per heavy atom. The second-order valence-electron chi connectivity index (χ2n) is 14.0. The van der Waals surface area contributed by atoms with E-state index in [2.05, 4.69) is 9.63 Å². The van der Waals surface area contributed by atoms with Crippen molar-refractivity contribution in [2.75, 3.05) is 26.3 Å². The van der Waals surface area contributed by atoms with Crippen LogP contribution >= 0.6 is 15.6 Å². The summed E-state index contributed by atoms with van der Waals surface area (Å²) in [5.41, 5.74) is -6.65. The number of amides is 3.